The van der Waals surface area contributed by atoms with Gasteiger partial charge in [-0.1, -0.05) is 0 Å². The summed E-state index contributed by atoms with van der Waals surface area (Å²) in [6.07, 6.45) is 1.71. The van der Waals surface area contributed by atoms with Gasteiger partial charge in [-0.15, -0.1) is 0 Å². The first-order valence-corrected chi connectivity index (χ1v) is 4.60. The zero-order valence-corrected chi connectivity index (χ0v) is 8.19. The van der Waals surface area contributed by atoms with E-state index < -0.39 is 5.97 Å². The number of hydrogen-bond donors (Lipinski definition) is 1. The zero-order valence-electron chi connectivity index (χ0n) is 8.19. The monoisotopic (exact) mass is 187 g/mol. The van der Waals surface area contributed by atoms with Crippen molar-refractivity contribution in [3.8, 4) is 0 Å². The zero-order chi connectivity index (χ0) is 9.84. The molecule has 0 aromatic carbocycles. The molecule has 0 radical (unpaired) electrons. The van der Waals surface area contributed by atoms with Crippen LogP contribution in [0.3, 0.4) is 0 Å². The van der Waals surface area contributed by atoms with Gasteiger partial charge in [-0.25, -0.2) is 0 Å². The van der Waals surface area contributed by atoms with Crippen molar-refractivity contribution in [2.45, 2.75) is 18.9 Å². The molecule has 0 amide bonds. The number of ether oxygens (including phenoxy) is 1. The number of aliphatic carboxylic acids is 1. The first-order valence-electron chi connectivity index (χ1n) is 4.60. The summed E-state index contributed by atoms with van der Waals surface area (Å²) in [5.74, 6) is -0.488. The lowest BCUT2D eigenvalue weighted by Crippen LogP contribution is -2.44. The van der Waals surface area contributed by atoms with Gasteiger partial charge < -0.3 is 9.84 Å². The maximum atomic E-state index is 11.0. The van der Waals surface area contributed by atoms with E-state index >= 15 is 0 Å². The van der Waals surface area contributed by atoms with E-state index in [4.69, 9.17) is 9.84 Å². The Labute approximate surface area is 78.5 Å². The van der Waals surface area contributed by atoms with E-state index in [1.54, 1.807) is 4.90 Å². The highest BCUT2D eigenvalue weighted by molar-refractivity contribution is 5.73. The fourth-order valence-electron chi connectivity index (χ4n) is 1.88. The Morgan fingerprint density at radius 1 is 1.46 bits per heavy atom. The highest BCUT2D eigenvalue weighted by Crippen LogP contribution is 2.21. The lowest BCUT2D eigenvalue weighted by Gasteiger charge is -2.31. The van der Waals surface area contributed by atoms with Gasteiger partial charge in [0.1, 0.15) is 6.04 Å². The Bertz CT molecular complexity index is 176. The molecular formula is C9H17NO3. The van der Waals surface area contributed by atoms with Gasteiger partial charge in [0.2, 0.25) is 0 Å². The van der Waals surface area contributed by atoms with E-state index in [9.17, 15) is 4.79 Å². The summed E-state index contributed by atoms with van der Waals surface area (Å²) < 4.78 is 5.20. The van der Waals surface area contributed by atoms with Crippen molar-refractivity contribution in [3.05, 3.63) is 0 Å². The summed E-state index contributed by atoms with van der Waals surface area (Å²) in [7, 11) is 3.63. The van der Waals surface area contributed by atoms with Crippen LogP contribution in [0.1, 0.15) is 12.8 Å². The topological polar surface area (TPSA) is 49.8 Å². The molecule has 1 aliphatic heterocycles. The molecule has 0 aliphatic carbocycles. The molecule has 0 saturated carbocycles. The predicted molar refractivity (Wildman–Crippen MR) is 48.7 cm³/mol. The summed E-state index contributed by atoms with van der Waals surface area (Å²) in [5.41, 5.74) is 0. The molecule has 4 nitrogen and oxygen atoms in total. The van der Waals surface area contributed by atoms with Crippen molar-refractivity contribution in [1.29, 1.82) is 0 Å². The molecule has 1 atom stereocenters. The Morgan fingerprint density at radius 2 is 2.00 bits per heavy atom. The molecule has 0 aromatic heterocycles. The standard InChI is InChI=1S/C9H17NO3/c1-10(2)8(9(11)12)7-3-5-13-6-4-7/h7-8H,3-6H2,1-2H3,(H,11,12). The molecule has 4 heteroatoms. The van der Waals surface area contributed by atoms with Crippen LogP contribution >= 0.6 is 0 Å². The smallest absolute Gasteiger partial charge is 0.321 e. The minimum absolute atomic E-state index is 0.237. The molecule has 1 aliphatic rings. The van der Waals surface area contributed by atoms with Gasteiger partial charge in [0.25, 0.3) is 0 Å². The fraction of sp³-hybridized carbons (Fsp3) is 0.889. The molecule has 1 unspecified atom stereocenters. The van der Waals surface area contributed by atoms with Crippen molar-refractivity contribution in [1.82, 2.24) is 4.90 Å². The van der Waals surface area contributed by atoms with Crippen molar-refractivity contribution < 1.29 is 14.6 Å². The molecule has 13 heavy (non-hydrogen) atoms. The Balaban J connectivity index is 2.57. The molecule has 1 fully saturated rings. The number of carboxylic acids is 1. The Morgan fingerprint density at radius 3 is 2.38 bits per heavy atom. The van der Waals surface area contributed by atoms with E-state index in [0.29, 0.717) is 13.2 Å². The lowest BCUT2D eigenvalue weighted by atomic mass is 9.91. The molecule has 1 rings (SSSR count). The van der Waals surface area contributed by atoms with Crippen LogP contribution in [0.4, 0.5) is 0 Å². The fourth-order valence-corrected chi connectivity index (χ4v) is 1.88. The highest BCUT2D eigenvalue weighted by atomic mass is 16.5. The lowest BCUT2D eigenvalue weighted by molar-refractivity contribution is -0.145. The number of hydrogen-bond acceptors (Lipinski definition) is 3. The number of rotatable bonds is 3. The van der Waals surface area contributed by atoms with E-state index in [-0.39, 0.29) is 12.0 Å². The number of nitrogens with zero attached hydrogens (tertiary/aromatic N) is 1. The quantitative estimate of drug-likeness (QED) is 0.696. The van der Waals surface area contributed by atoms with E-state index in [2.05, 4.69) is 0 Å². The van der Waals surface area contributed by atoms with Crippen molar-refractivity contribution in [2.75, 3.05) is 27.3 Å². The Kier molecular flexibility index (Phi) is 3.69. The number of carbonyl (C=O) groups is 1. The summed E-state index contributed by atoms with van der Waals surface area (Å²) in [6.45, 7) is 1.39. The predicted octanol–water partition coefficient (Wildman–Crippen LogP) is 0.428. The van der Waals surface area contributed by atoms with Gasteiger partial charge in [-0.3, -0.25) is 9.69 Å². The van der Waals surface area contributed by atoms with Gasteiger partial charge in [-0.05, 0) is 32.9 Å². The van der Waals surface area contributed by atoms with Crippen molar-refractivity contribution in [2.24, 2.45) is 5.92 Å². The molecular weight excluding hydrogens is 170 g/mol. The minimum Gasteiger partial charge on any atom is -0.480 e. The average Bonchev–Trinajstić information content (AvgIpc) is 2.04. The second-order valence-corrected chi connectivity index (χ2v) is 3.70. The summed E-state index contributed by atoms with van der Waals surface area (Å²) in [6, 6.07) is -0.358. The van der Waals surface area contributed by atoms with Crippen LogP contribution in [0.15, 0.2) is 0 Å². The second kappa shape index (κ2) is 4.58. The van der Waals surface area contributed by atoms with Crippen LogP contribution in [0.25, 0.3) is 0 Å². The summed E-state index contributed by atoms with van der Waals surface area (Å²) >= 11 is 0. The molecule has 1 N–H and O–H groups in total. The third-order valence-corrected chi connectivity index (χ3v) is 2.52. The number of carboxylic acid groups (broad SMARTS) is 1. The van der Waals surface area contributed by atoms with Crippen LogP contribution in [-0.2, 0) is 9.53 Å². The molecule has 0 aromatic rings. The van der Waals surface area contributed by atoms with Gasteiger partial charge in [0, 0.05) is 13.2 Å². The molecule has 1 heterocycles. The van der Waals surface area contributed by atoms with E-state index in [1.807, 2.05) is 14.1 Å². The number of likely N-dealkylation sites (N-methyl/N-ethyl adjacent to an activating group) is 1. The molecule has 1 saturated heterocycles. The minimum atomic E-state index is -0.725. The first kappa shape index (κ1) is 10.5. The SMILES string of the molecule is CN(C)C(C(=O)O)C1CCOCC1. The van der Waals surface area contributed by atoms with Gasteiger partial charge in [-0.2, -0.15) is 0 Å². The third kappa shape index (κ3) is 2.67. The van der Waals surface area contributed by atoms with E-state index in [0.717, 1.165) is 12.8 Å². The average molecular weight is 187 g/mol. The van der Waals surface area contributed by atoms with E-state index in [1.165, 1.54) is 0 Å². The molecule has 0 bridgehead atoms. The van der Waals surface area contributed by atoms with Crippen LogP contribution in [0, 0.1) is 5.92 Å². The normalized spacial score (nSPS) is 21.8. The second-order valence-electron chi connectivity index (χ2n) is 3.70. The molecule has 0 spiro atoms. The summed E-state index contributed by atoms with van der Waals surface area (Å²) in [5, 5.41) is 9.01. The van der Waals surface area contributed by atoms with Crippen LogP contribution < -0.4 is 0 Å². The van der Waals surface area contributed by atoms with Crippen LogP contribution in [0.2, 0.25) is 0 Å². The molecule has 76 valence electrons. The van der Waals surface area contributed by atoms with Gasteiger partial charge in [0.05, 0.1) is 0 Å². The Hall–Kier alpha value is -0.610. The van der Waals surface area contributed by atoms with Crippen LogP contribution in [-0.4, -0.2) is 49.3 Å². The highest BCUT2D eigenvalue weighted by Gasteiger charge is 2.31. The summed E-state index contributed by atoms with van der Waals surface area (Å²) in [4.78, 5) is 12.7. The van der Waals surface area contributed by atoms with Crippen molar-refractivity contribution in [3.63, 3.8) is 0 Å². The first-order chi connectivity index (χ1) is 6.13. The van der Waals surface area contributed by atoms with Crippen LogP contribution in [0.5, 0.6) is 0 Å². The maximum Gasteiger partial charge on any atom is 0.321 e. The van der Waals surface area contributed by atoms with Gasteiger partial charge in [0.15, 0.2) is 0 Å². The maximum absolute atomic E-state index is 11.0. The third-order valence-electron chi connectivity index (χ3n) is 2.52. The largest absolute Gasteiger partial charge is 0.480 e. The van der Waals surface area contributed by atoms with Gasteiger partial charge >= 0.3 is 5.97 Å². The van der Waals surface area contributed by atoms with Crippen molar-refractivity contribution >= 4 is 5.97 Å².